The predicted molar refractivity (Wildman–Crippen MR) is 75.8 cm³/mol. The maximum Gasteiger partial charge on any atom is 0.323 e. The fraction of sp³-hybridized carbons (Fsp3) is 0.667. The van der Waals surface area contributed by atoms with Crippen LogP contribution in [0.2, 0.25) is 0 Å². The lowest BCUT2D eigenvalue weighted by Gasteiger charge is -2.32. The molecule has 0 fully saturated rings. The molecule has 1 aliphatic heterocycles. The van der Waals surface area contributed by atoms with Gasteiger partial charge < -0.3 is 10.5 Å². The Hall–Kier alpha value is -1.35. The number of carbonyl (C=O) groups is 1. The molecule has 111 valence electrons. The molecule has 0 aromatic carbocycles. The van der Waals surface area contributed by atoms with Crippen molar-refractivity contribution in [1.29, 1.82) is 0 Å². The molecule has 20 heavy (non-hydrogen) atoms. The van der Waals surface area contributed by atoms with E-state index in [1.165, 1.54) is 0 Å². The highest BCUT2D eigenvalue weighted by molar-refractivity contribution is 5.75. The third-order valence-corrected chi connectivity index (χ3v) is 3.32. The number of rotatable bonds is 3. The lowest BCUT2D eigenvalue weighted by Crippen LogP contribution is -2.46. The minimum Gasteiger partial charge on any atom is -0.465 e. The molecule has 1 radical (unpaired) electrons. The van der Waals surface area contributed by atoms with Gasteiger partial charge in [0.1, 0.15) is 6.04 Å². The van der Waals surface area contributed by atoms with Gasteiger partial charge in [-0.1, -0.05) is 11.8 Å². The Bertz CT molecular complexity index is 469. The molecule has 1 aliphatic rings. The molecule has 1 heterocycles. The van der Waals surface area contributed by atoms with Crippen LogP contribution in [0.3, 0.4) is 0 Å². The third kappa shape index (κ3) is 3.40. The van der Waals surface area contributed by atoms with Gasteiger partial charge in [-0.15, -0.1) is 10.3 Å². The average molecular weight is 279 g/mol. The van der Waals surface area contributed by atoms with Crippen molar-refractivity contribution in [3.8, 4) is 11.8 Å². The van der Waals surface area contributed by atoms with Gasteiger partial charge >= 0.3 is 5.97 Å². The molecule has 1 rings (SSSR count). The molecule has 5 nitrogen and oxygen atoms in total. The predicted octanol–water partition coefficient (Wildman–Crippen LogP) is 1.41. The molecule has 1 atom stereocenters. The van der Waals surface area contributed by atoms with Crippen molar-refractivity contribution in [3.63, 3.8) is 0 Å². The van der Waals surface area contributed by atoms with Gasteiger partial charge in [0.2, 0.25) is 0 Å². The summed E-state index contributed by atoms with van der Waals surface area (Å²) in [5, 5.41) is 13.2. The Balaban J connectivity index is 2.76. The number of hydroxylamine groups is 2. The minimum absolute atomic E-state index is 0.214. The summed E-state index contributed by atoms with van der Waals surface area (Å²) in [5.74, 6) is 5.39. The fourth-order valence-corrected chi connectivity index (χ4v) is 2.20. The Morgan fingerprint density at radius 2 is 2.05 bits per heavy atom. The zero-order chi connectivity index (χ0) is 15.6. The number of hydrogen-bond donors (Lipinski definition) is 1. The normalized spacial score (nSPS) is 21.6. The molecule has 0 bridgehead atoms. The summed E-state index contributed by atoms with van der Waals surface area (Å²) in [6.45, 7) is 9.40. The SMILES string of the molecule is CCOC(=O)[C@@H](N)CC#CC1=CC(C)(C)N([O])C1(C)C. The second-order valence-electron chi connectivity index (χ2n) is 5.93. The quantitative estimate of drug-likeness (QED) is 0.626. The molecule has 0 saturated carbocycles. The molecule has 0 aliphatic carbocycles. The topological polar surface area (TPSA) is 75.5 Å². The van der Waals surface area contributed by atoms with E-state index in [1.807, 2.05) is 33.8 Å². The number of hydrogen-bond acceptors (Lipinski definition) is 4. The highest BCUT2D eigenvalue weighted by Gasteiger charge is 2.45. The molecular weight excluding hydrogens is 256 g/mol. The first kappa shape index (κ1) is 16.7. The van der Waals surface area contributed by atoms with Crippen LogP contribution in [0.15, 0.2) is 11.6 Å². The van der Waals surface area contributed by atoms with Gasteiger partial charge in [0, 0.05) is 12.0 Å². The summed E-state index contributed by atoms with van der Waals surface area (Å²) >= 11 is 0. The van der Waals surface area contributed by atoms with Crippen LogP contribution in [0, 0.1) is 11.8 Å². The average Bonchev–Trinajstić information content (AvgIpc) is 2.50. The van der Waals surface area contributed by atoms with Gasteiger partial charge in [0.25, 0.3) is 0 Å². The summed E-state index contributed by atoms with van der Waals surface area (Å²) in [6, 6.07) is -0.746. The lowest BCUT2D eigenvalue weighted by atomic mass is 9.97. The van der Waals surface area contributed by atoms with E-state index in [4.69, 9.17) is 10.5 Å². The van der Waals surface area contributed by atoms with E-state index in [0.29, 0.717) is 6.61 Å². The van der Waals surface area contributed by atoms with Crippen molar-refractivity contribution in [2.45, 2.75) is 58.2 Å². The molecule has 0 unspecified atom stereocenters. The van der Waals surface area contributed by atoms with Gasteiger partial charge in [0.15, 0.2) is 0 Å². The van der Waals surface area contributed by atoms with Crippen molar-refractivity contribution in [2.75, 3.05) is 6.61 Å². The third-order valence-electron chi connectivity index (χ3n) is 3.32. The van der Waals surface area contributed by atoms with E-state index in [1.54, 1.807) is 6.92 Å². The molecule has 0 amide bonds. The largest absolute Gasteiger partial charge is 0.465 e. The first-order chi connectivity index (χ1) is 9.13. The van der Waals surface area contributed by atoms with Crippen LogP contribution in [0.5, 0.6) is 0 Å². The van der Waals surface area contributed by atoms with Crippen molar-refractivity contribution in [3.05, 3.63) is 11.6 Å². The van der Waals surface area contributed by atoms with Crippen LogP contribution >= 0.6 is 0 Å². The monoisotopic (exact) mass is 279 g/mol. The van der Waals surface area contributed by atoms with Crippen LogP contribution in [-0.2, 0) is 14.7 Å². The molecular formula is C15H23N2O3. The maximum absolute atomic E-state index is 12.1. The van der Waals surface area contributed by atoms with E-state index in [9.17, 15) is 10.0 Å². The van der Waals surface area contributed by atoms with Crippen molar-refractivity contribution >= 4 is 5.97 Å². The summed E-state index contributed by atoms with van der Waals surface area (Å²) in [4.78, 5) is 11.4. The van der Waals surface area contributed by atoms with Crippen LogP contribution in [0.1, 0.15) is 41.0 Å². The van der Waals surface area contributed by atoms with Crippen molar-refractivity contribution in [2.24, 2.45) is 5.73 Å². The highest BCUT2D eigenvalue weighted by Crippen LogP contribution is 2.38. The fourth-order valence-electron chi connectivity index (χ4n) is 2.20. The molecule has 0 spiro atoms. The van der Waals surface area contributed by atoms with Crippen molar-refractivity contribution in [1.82, 2.24) is 5.06 Å². The van der Waals surface area contributed by atoms with Gasteiger partial charge in [0.05, 0.1) is 17.7 Å². The number of nitrogens with zero attached hydrogens (tertiary/aromatic N) is 1. The lowest BCUT2D eigenvalue weighted by molar-refractivity contribution is -0.237. The minimum atomic E-state index is -0.746. The van der Waals surface area contributed by atoms with E-state index in [0.717, 1.165) is 10.6 Å². The zero-order valence-electron chi connectivity index (χ0n) is 12.8. The highest BCUT2D eigenvalue weighted by atomic mass is 16.5. The number of esters is 1. The summed E-state index contributed by atoms with van der Waals surface area (Å²) in [5.41, 5.74) is 5.19. The van der Waals surface area contributed by atoms with Crippen molar-refractivity contribution < 1.29 is 14.7 Å². The smallest absolute Gasteiger partial charge is 0.323 e. The van der Waals surface area contributed by atoms with Gasteiger partial charge in [-0.3, -0.25) is 4.79 Å². The Morgan fingerprint density at radius 1 is 1.45 bits per heavy atom. The number of carbonyl (C=O) groups excluding carboxylic acids is 1. The van der Waals surface area contributed by atoms with E-state index < -0.39 is 23.1 Å². The van der Waals surface area contributed by atoms with Crippen LogP contribution < -0.4 is 5.73 Å². The number of nitrogens with two attached hydrogens (primary N) is 1. The maximum atomic E-state index is 12.1. The van der Waals surface area contributed by atoms with Crippen LogP contribution in [0.4, 0.5) is 0 Å². The Kier molecular flexibility index (Phi) is 4.98. The second kappa shape index (κ2) is 5.96. The Morgan fingerprint density at radius 3 is 2.50 bits per heavy atom. The number of ether oxygens (including phenoxy) is 1. The zero-order valence-corrected chi connectivity index (χ0v) is 12.8. The van der Waals surface area contributed by atoms with E-state index in [-0.39, 0.29) is 6.42 Å². The van der Waals surface area contributed by atoms with Crippen LogP contribution in [-0.4, -0.2) is 34.8 Å². The first-order valence-electron chi connectivity index (χ1n) is 6.74. The van der Waals surface area contributed by atoms with E-state index in [2.05, 4.69) is 11.8 Å². The summed E-state index contributed by atoms with van der Waals surface area (Å²) < 4.78 is 4.81. The van der Waals surface area contributed by atoms with Gasteiger partial charge in [-0.05, 0) is 40.7 Å². The summed E-state index contributed by atoms with van der Waals surface area (Å²) in [7, 11) is 0. The van der Waals surface area contributed by atoms with Gasteiger partial charge in [-0.2, -0.15) is 0 Å². The molecule has 5 heteroatoms. The molecule has 0 aromatic rings. The standard InChI is InChI=1S/C15H23N2O3/c1-6-20-13(18)12(16)9-7-8-11-10-14(2,3)17(19)15(11,4)5/h10,12H,6,9,16H2,1-5H3/t12-/m0/s1. The molecule has 0 saturated heterocycles. The molecule has 2 N–H and O–H groups in total. The second-order valence-corrected chi connectivity index (χ2v) is 5.93. The van der Waals surface area contributed by atoms with E-state index >= 15 is 0 Å². The first-order valence-corrected chi connectivity index (χ1v) is 6.74. The Labute approximate surface area is 120 Å². The molecule has 0 aromatic heterocycles. The van der Waals surface area contributed by atoms with Crippen LogP contribution in [0.25, 0.3) is 0 Å². The van der Waals surface area contributed by atoms with Gasteiger partial charge in [-0.25, -0.2) is 0 Å². The summed E-state index contributed by atoms with van der Waals surface area (Å²) in [6.07, 6.45) is 2.08.